The van der Waals surface area contributed by atoms with E-state index in [1.165, 1.54) is 7.11 Å². The van der Waals surface area contributed by atoms with Gasteiger partial charge in [0, 0.05) is 0 Å². The van der Waals surface area contributed by atoms with Gasteiger partial charge < -0.3 is 20.1 Å². The van der Waals surface area contributed by atoms with E-state index in [1.54, 1.807) is 24.3 Å². The van der Waals surface area contributed by atoms with Gasteiger partial charge in [-0.2, -0.15) is 13.2 Å². The van der Waals surface area contributed by atoms with Crippen molar-refractivity contribution in [2.45, 2.75) is 38.1 Å². The molecule has 0 radical (unpaired) electrons. The fourth-order valence-corrected chi connectivity index (χ4v) is 2.13. The zero-order valence-corrected chi connectivity index (χ0v) is 14.5. The number of nitrogens with one attached hydrogen (secondary N) is 2. The Labute approximate surface area is 150 Å². The minimum atomic E-state index is -4.25. The molecule has 0 unspecified atom stereocenters. The Balaban J connectivity index is 2.32. The Bertz CT molecular complexity index is 553. The number of esters is 1. The van der Waals surface area contributed by atoms with Gasteiger partial charge in [-0.15, -0.1) is 0 Å². The maximum Gasteiger partial charge on any atom is 0.408 e. The number of unbranched alkanes of at least 4 members (excludes halogenated alkanes) is 1. The zero-order chi connectivity index (χ0) is 19.4. The van der Waals surface area contributed by atoms with E-state index in [4.69, 9.17) is 4.74 Å². The number of carbonyl (C=O) groups is 2. The lowest BCUT2D eigenvalue weighted by Gasteiger charge is -2.16. The third-order valence-electron chi connectivity index (χ3n) is 3.41. The summed E-state index contributed by atoms with van der Waals surface area (Å²) in [6.07, 6.45) is -3.92. The van der Waals surface area contributed by atoms with Gasteiger partial charge in [0.1, 0.15) is 12.6 Å². The van der Waals surface area contributed by atoms with E-state index in [0.717, 1.165) is 5.56 Å². The first kappa shape index (κ1) is 21.8. The Morgan fingerprint density at radius 3 is 2.46 bits per heavy atom. The molecule has 26 heavy (non-hydrogen) atoms. The van der Waals surface area contributed by atoms with Crippen molar-refractivity contribution in [3.05, 3.63) is 35.9 Å². The molecule has 1 amide bonds. The Morgan fingerprint density at radius 2 is 1.85 bits per heavy atom. The third-order valence-corrected chi connectivity index (χ3v) is 3.41. The van der Waals surface area contributed by atoms with Crippen molar-refractivity contribution in [2.75, 3.05) is 20.2 Å². The summed E-state index contributed by atoms with van der Waals surface area (Å²) in [5, 5.41) is 4.69. The van der Waals surface area contributed by atoms with Crippen molar-refractivity contribution in [3.63, 3.8) is 0 Å². The predicted molar refractivity (Wildman–Crippen MR) is 88.3 cm³/mol. The molecule has 0 aliphatic rings. The van der Waals surface area contributed by atoms with E-state index < -0.39 is 30.8 Å². The second-order valence-corrected chi connectivity index (χ2v) is 5.57. The van der Waals surface area contributed by atoms with Gasteiger partial charge in [0.15, 0.2) is 0 Å². The molecule has 1 aromatic carbocycles. The van der Waals surface area contributed by atoms with Gasteiger partial charge in [0.2, 0.25) is 0 Å². The van der Waals surface area contributed by atoms with Crippen LogP contribution in [0.2, 0.25) is 0 Å². The third kappa shape index (κ3) is 9.87. The van der Waals surface area contributed by atoms with Crippen molar-refractivity contribution < 1.29 is 32.2 Å². The molecule has 0 bridgehead atoms. The van der Waals surface area contributed by atoms with Crippen LogP contribution in [0.3, 0.4) is 0 Å². The van der Waals surface area contributed by atoms with E-state index in [2.05, 4.69) is 15.4 Å². The van der Waals surface area contributed by atoms with Crippen LogP contribution in [-0.2, 0) is 20.9 Å². The molecule has 1 aromatic rings. The summed E-state index contributed by atoms with van der Waals surface area (Å²) >= 11 is 0. The van der Waals surface area contributed by atoms with Crippen LogP contribution in [0.15, 0.2) is 30.3 Å². The quantitative estimate of drug-likeness (QED) is 0.485. The molecular formula is C17H23F3N2O4. The number of amides is 1. The second-order valence-electron chi connectivity index (χ2n) is 5.57. The largest absolute Gasteiger partial charge is 0.467 e. The van der Waals surface area contributed by atoms with Crippen LogP contribution in [0, 0.1) is 0 Å². The topological polar surface area (TPSA) is 76.7 Å². The standard InChI is InChI=1S/C17H23F3N2O4/c1-25-15(23)14(9-5-6-10-21-12-17(18,19)20)22-16(24)26-11-13-7-3-2-4-8-13/h2-4,7-8,14,21H,5-6,9-12H2,1H3,(H,22,24)/t14-/m0/s1. The number of hydrogen-bond acceptors (Lipinski definition) is 5. The van der Waals surface area contributed by atoms with E-state index in [-0.39, 0.29) is 19.6 Å². The molecule has 0 spiro atoms. The SMILES string of the molecule is COC(=O)[C@H](CCCCNCC(F)(F)F)NC(=O)OCc1ccccc1. The normalized spacial score (nSPS) is 12.3. The number of carbonyl (C=O) groups excluding carboxylic acids is 2. The number of alkyl carbamates (subject to hydrolysis) is 1. The first-order valence-electron chi connectivity index (χ1n) is 8.14. The Hall–Kier alpha value is -2.29. The highest BCUT2D eigenvalue weighted by Gasteiger charge is 2.26. The van der Waals surface area contributed by atoms with E-state index in [1.807, 2.05) is 6.07 Å². The number of halogens is 3. The van der Waals surface area contributed by atoms with Crippen molar-refractivity contribution >= 4 is 12.1 Å². The maximum atomic E-state index is 12.0. The summed E-state index contributed by atoms with van der Waals surface area (Å²) in [4.78, 5) is 23.5. The number of methoxy groups -OCH3 is 1. The van der Waals surface area contributed by atoms with Gasteiger partial charge in [0.05, 0.1) is 13.7 Å². The molecule has 1 atom stereocenters. The molecule has 1 rings (SSSR count). The van der Waals surface area contributed by atoms with Gasteiger partial charge in [0.25, 0.3) is 0 Å². The van der Waals surface area contributed by atoms with Gasteiger partial charge >= 0.3 is 18.2 Å². The predicted octanol–water partition coefficient (Wildman–Crippen LogP) is 2.78. The fraction of sp³-hybridized carbons (Fsp3) is 0.529. The zero-order valence-electron chi connectivity index (χ0n) is 14.5. The van der Waals surface area contributed by atoms with Crippen LogP contribution in [0.5, 0.6) is 0 Å². The van der Waals surface area contributed by atoms with Gasteiger partial charge in [-0.3, -0.25) is 0 Å². The average Bonchev–Trinajstić information content (AvgIpc) is 2.61. The Morgan fingerprint density at radius 1 is 1.15 bits per heavy atom. The molecule has 6 nitrogen and oxygen atoms in total. The second kappa shape index (κ2) is 11.3. The van der Waals surface area contributed by atoms with Gasteiger partial charge in [-0.05, 0) is 31.4 Å². The molecule has 146 valence electrons. The summed E-state index contributed by atoms with van der Waals surface area (Å²) < 4.78 is 45.7. The highest BCUT2D eigenvalue weighted by Crippen LogP contribution is 2.12. The van der Waals surface area contributed by atoms with Crippen molar-refractivity contribution in [1.29, 1.82) is 0 Å². The van der Waals surface area contributed by atoms with Crippen LogP contribution in [0.1, 0.15) is 24.8 Å². The molecule has 0 heterocycles. The van der Waals surface area contributed by atoms with Crippen molar-refractivity contribution in [3.8, 4) is 0 Å². The van der Waals surface area contributed by atoms with Crippen LogP contribution in [0.4, 0.5) is 18.0 Å². The molecule has 0 saturated heterocycles. The molecule has 0 aliphatic heterocycles. The highest BCUT2D eigenvalue weighted by molar-refractivity contribution is 5.81. The van der Waals surface area contributed by atoms with Crippen molar-refractivity contribution in [1.82, 2.24) is 10.6 Å². The lowest BCUT2D eigenvalue weighted by atomic mass is 10.1. The highest BCUT2D eigenvalue weighted by atomic mass is 19.4. The van der Waals surface area contributed by atoms with Crippen LogP contribution >= 0.6 is 0 Å². The minimum absolute atomic E-state index is 0.0575. The summed E-state index contributed by atoms with van der Waals surface area (Å²) in [5.41, 5.74) is 0.799. The molecule has 0 aromatic heterocycles. The number of alkyl halides is 3. The summed E-state index contributed by atoms with van der Waals surface area (Å²) in [6.45, 7) is -0.842. The molecule has 0 saturated carbocycles. The average molecular weight is 376 g/mol. The van der Waals surface area contributed by atoms with E-state index in [9.17, 15) is 22.8 Å². The maximum absolute atomic E-state index is 12.0. The smallest absolute Gasteiger partial charge is 0.408 e. The molecule has 9 heteroatoms. The molecular weight excluding hydrogens is 353 g/mol. The van der Waals surface area contributed by atoms with Gasteiger partial charge in [-0.25, -0.2) is 9.59 Å². The van der Waals surface area contributed by atoms with E-state index >= 15 is 0 Å². The first-order valence-corrected chi connectivity index (χ1v) is 8.14. The molecule has 2 N–H and O–H groups in total. The fourth-order valence-electron chi connectivity index (χ4n) is 2.13. The Kier molecular flexibility index (Phi) is 9.50. The van der Waals surface area contributed by atoms with E-state index in [0.29, 0.717) is 12.8 Å². The van der Waals surface area contributed by atoms with Crippen LogP contribution in [-0.4, -0.2) is 44.5 Å². The van der Waals surface area contributed by atoms with Crippen molar-refractivity contribution in [2.24, 2.45) is 0 Å². The number of ether oxygens (including phenoxy) is 2. The number of rotatable bonds is 10. The van der Waals surface area contributed by atoms with Crippen LogP contribution < -0.4 is 10.6 Å². The summed E-state index contributed by atoms with van der Waals surface area (Å²) in [6, 6.07) is 8.12. The monoisotopic (exact) mass is 376 g/mol. The minimum Gasteiger partial charge on any atom is -0.467 e. The number of benzene rings is 1. The lowest BCUT2D eigenvalue weighted by Crippen LogP contribution is -2.41. The molecule has 0 aliphatic carbocycles. The lowest BCUT2D eigenvalue weighted by molar-refractivity contribution is -0.143. The summed E-state index contributed by atoms with van der Waals surface area (Å²) in [5.74, 6) is -0.634. The molecule has 0 fully saturated rings. The summed E-state index contributed by atoms with van der Waals surface area (Å²) in [7, 11) is 1.19. The van der Waals surface area contributed by atoms with Crippen LogP contribution in [0.25, 0.3) is 0 Å². The first-order chi connectivity index (χ1) is 12.3. The van der Waals surface area contributed by atoms with Gasteiger partial charge in [-0.1, -0.05) is 30.3 Å². The number of hydrogen-bond donors (Lipinski definition) is 2.